The van der Waals surface area contributed by atoms with Gasteiger partial charge in [-0.1, -0.05) is 13.3 Å². The molecular weight excluding hydrogens is 218 g/mol. The summed E-state index contributed by atoms with van der Waals surface area (Å²) in [7, 11) is 0. The van der Waals surface area contributed by atoms with E-state index in [0.717, 1.165) is 18.9 Å². The van der Waals surface area contributed by atoms with Crippen molar-refractivity contribution >= 4 is 11.8 Å². The third-order valence-corrected chi connectivity index (χ3v) is 5.05. The SMILES string of the molecule is CC1CCc2nnc(C3CCCCS3)n2C1. The zero-order valence-corrected chi connectivity index (χ0v) is 10.7. The lowest BCUT2D eigenvalue weighted by molar-refractivity contribution is 0.384. The van der Waals surface area contributed by atoms with Crippen molar-refractivity contribution in [2.45, 2.75) is 50.8 Å². The maximum Gasteiger partial charge on any atom is 0.146 e. The second-order valence-electron chi connectivity index (χ2n) is 5.08. The van der Waals surface area contributed by atoms with Crippen LogP contribution in [0, 0.1) is 5.92 Å². The Labute approximate surface area is 101 Å². The molecule has 16 heavy (non-hydrogen) atoms. The third-order valence-electron chi connectivity index (χ3n) is 3.68. The first-order chi connectivity index (χ1) is 7.84. The van der Waals surface area contributed by atoms with Gasteiger partial charge in [-0.3, -0.25) is 0 Å². The van der Waals surface area contributed by atoms with E-state index in [9.17, 15) is 0 Å². The van der Waals surface area contributed by atoms with Gasteiger partial charge in [-0.15, -0.1) is 10.2 Å². The van der Waals surface area contributed by atoms with Gasteiger partial charge in [-0.05, 0) is 30.9 Å². The van der Waals surface area contributed by atoms with Gasteiger partial charge in [0.25, 0.3) is 0 Å². The largest absolute Gasteiger partial charge is 0.314 e. The first kappa shape index (κ1) is 10.6. The maximum atomic E-state index is 4.45. The molecule has 0 N–H and O–H groups in total. The number of nitrogens with zero attached hydrogens (tertiary/aromatic N) is 3. The smallest absolute Gasteiger partial charge is 0.146 e. The van der Waals surface area contributed by atoms with Crippen LogP contribution in [0.2, 0.25) is 0 Å². The summed E-state index contributed by atoms with van der Waals surface area (Å²) in [6, 6.07) is 0. The van der Waals surface area contributed by atoms with E-state index in [1.807, 2.05) is 0 Å². The highest BCUT2D eigenvalue weighted by Gasteiger charge is 2.26. The van der Waals surface area contributed by atoms with E-state index in [1.165, 1.54) is 43.1 Å². The summed E-state index contributed by atoms with van der Waals surface area (Å²) < 4.78 is 2.40. The maximum absolute atomic E-state index is 4.45. The molecule has 0 aromatic carbocycles. The number of fused-ring (bicyclic) bond motifs is 1. The van der Waals surface area contributed by atoms with E-state index in [-0.39, 0.29) is 0 Å². The van der Waals surface area contributed by atoms with Crippen LogP contribution < -0.4 is 0 Å². The molecule has 3 rings (SSSR count). The standard InChI is InChI=1S/C12H19N3S/c1-9-5-6-11-13-14-12(15(11)8-9)10-4-2-3-7-16-10/h9-10H,2-8H2,1H3. The van der Waals surface area contributed by atoms with Crippen LogP contribution in [-0.4, -0.2) is 20.5 Å². The number of thioether (sulfide) groups is 1. The number of aryl methyl sites for hydroxylation is 1. The van der Waals surface area contributed by atoms with Crippen LogP contribution >= 0.6 is 11.8 Å². The number of hydrogen-bond acceptors (Lipinski definition) is 3. The summed E-state index contributed by atoms with van der Waals surface area (Å²) in [5, 5.41) is 9.43. The van der Waals surface area contributed by atoms with E-state index in [1.54, 1.807) is 0 Å². The quantitative estimate of drug-likeness (QED) is 0.752. The highest BCUT2D eigenvalue weighted by atomic mass is 32.2. The molecule has 1 aromatic heterocycles. The lowest BCUT2D eigenvalue weighted by atomic mass is 10.0. The molecule has 0 bridgehead atoms. The molecule has 3 heterocycles. The zero-order valence-electron chi connectivity index (χ0n) is 9.85. The van der Waals surface area contributed by atoms with Crippen molar-refractivity contribution in [1.82, 2.24) is 14.8 Å². The summed E-state index contributed by atoms with van der Waals surface area (Å²) in [6.45, 7) is 3.47. The number of aromatic nitrogens is 3. The van der Waals surface area contributed by atoms with Crippen LogP contribution in [-0.2, 0) is 13.0 Å². The minimum atomic E-state index is 0.611. The molecule has 0 radical (unpaired) electrons. The second-order valence-corrected chi connectivity index (χ2v) is 6.39. The van der Waals surface area contributed by atoms with Crippen LogP contribution in [0.15, 0.2) is 0 Å². The first-order valence-corrected chi connectivity index (χ1v) is 7.43. The van der Waals surface area contributed by atoms with Crippen molar-refractivity contribution in [3.05, 3.63) is 11.6 Å². The zero-order chi connectivity index (χ0) is 11.0. The number of rotatable bonds is 1. The lowest BCUT2D eigenvalue weighted by Gasteiger charge is -2.25. The first-order valence-electron chi connectivity index (χ1n) is 6.38. The predicted octanol–water partition coefficient (Wildman–Crippen LogP) is 2.82. The van der Waals surface area contributed by atoms with Crippen LogP contribution in [0.5, 0.6) is 0 Å². The lowest BCUT2D eigenvalue weighted by Crippen LogP contribution is -2.21. The molecule has 2 atom stereocenters. The Morgan fingerprint density at radius 1 is 1.25 bits per heavy atom. The Morgan fingerprint density at radius 2 is 2.19 bits per heavy atom. The van der Waals surface area contributed by atoms with Gasteiger partial charge >= 0.3 is 0 Å². The molecule has 1 fully saturated rings. The van der Waals surface area contributed by atoms with E-state index >= 15 is 0 Å². The van der Waals surface area contributed by atoms with Crippen molar-refractivity contribution in [3.63, 3.8) is 0 Å². The number of hydrogen-bond donors (Lipinski definition) is 0. The highest BCUT2D eigenvalue weighted by molar-refractivity contribution is 7.99. The van der Waals surface area contributed by atoms with Crippen molar-refractivity contribution in [2.75, 3.05) is 5.75 Å². The summed E-state index contributed by atoms with van der Waals surface area (Å²) in [5.74, 6) is 4.56. The minimum absolute atomic E-state index is 0.611. The van der Waals surface area contributed by atoms with Crippen LogP contribution in [0.3, 0.4) is 0 Å². The van der Waals surface area contributed by atoms with E-state index in [4.69, 9.17) is 0 Å². The Hall–Kier alpha value is -0.510. The summed E-state index contributed by atoms with van der Waals surface area (Å²) >= 11 is 2.07. The van der Waals surface area contributed by atoms with E-state index < -0.39 is 0 Å². The van der Waals surface area contributed by atoms with Crippen LogP contribution in [0.4, 0.5) is 0 Å². The highest BCUT2D eigenvalue weighted by Crippen LogP contribution is 2.38. The Balaban J connectivity index is 1.86. The van der Waals surface area contributed by atoms with Crippen molar-refractivity contribution < 1.29 is 0 Å². The topological polar surface area (TPSA) is 30.7 Å². The van der Waals surface area contributed by atoms with Gasteiger partial charge in [0.1, 0.15) is 11.6 Å². The van der Waals surface area contributed by atoms with E-state index in [0.29, 0.717) is 5.25 Å². The van der Waals surface area contributed by atoms with E-state index in [2.05, 4.69) is 33.5 Å². The summed E-state index contributed by atoms with van der Waals surface area (Å²) in [5.41, 5.74) is 0. The van der Waals surface area contributed by atoms with Crippen LogP contribution in [0.25, 0.3) is 0 Å². The second kappa shape index (κ2) is 4.40. The van der Waals surface area contributed by atoms with Gasteiger partial charge in [-0.25, -0.2) is 0 Å². The van der Waals surface area contributed by atoms with Gasteiger partial charge in [-0.2, -0.15) is 11.8 Å². The molecule has 0 saturated carbocycles. The Bertz CT molecular complexity index is 368. The molecule has 2 aliphatic heterocycles. The van der Waals surface area contributed by atoms with Gasteiger partial charge in [0.2, 0.25) is 0 Å². The van der Waals surface area contributed by atoms with Crippen molar-refractivity contribution in [3.8, 4) is 0 Å². The Morgan fingerprint density at radius 3 is 3.00 bits per heavy atom. The van der Waals surface area contributed by atoms with Crippen molar-refractivity contribution in [1.29, 1.82) is 0 Å². The van der Waals surface area contributed by atoms with Gasteiger partial charge in [0.05, 0.1) is 5.25 Å². The van der Waals surface area contributed by atoms with Gasteiger partial charge < -0.3 is 4.57 Å². The summed E-state index contributed by atoms with van der Waals surface area (Å²) in [4.78, 5) is 0. The molecular formula is C12H19N3S. The third kappa shape index (κ3) is 1.88. The average molecular weight is 237 g/mol. The van der Waals surface area contributed by atoms with Gasteiger partial charge in [0, 0.05) is 13.0 Å². The fourth-order valence-corrected chi connectivity index (χ4v) is 4.01. The molecule has 2 aliphatic rings. The van der Waals surface area contributed by atoms with Crippen LogP contribution in [0.1, 0.15) is 49.5 Å². The Kier molecular flexibility index (Phi) is 2.92. The van der Waals surface area contributed by atoms with Gasteiger partial charge in [0.15, 0.2) is 0 Å². The average Bonchev–Trinajstić information content (AvgIpc) is 2.73. The monoisotopic (exact) mass is 237 g/mol. The molecule has 4 heteroatoms. The molecule has 2 unspecified atom stereocenters. The molecule has 3 nitrogen and oxygen atoms in total. The molecule has 88 valence electrons. The normalized spacial score (nSPS) is 30.1. The predicted molar refractivity (Wildman–Crippen MR) is 66.6 cm³/mol. The van der Waals surface area contributed by atoms with Crippen molar-refractivity contribution in [2.24, 2.45) is 5.92 Å². The molecule has 0 spiro atoms. The summed E-state index contributed by atoms with van der Waals surface area (Å²) in [6.07, 6.45) is 6.41. The molecule has 1 aromatic rings. The fourth-order valence-electron chi connectivity index (χ4n) is 2.69. The minimum Gasteiger partial charge on any atom is -0.314 e. The fraction of sp³-hybridized carbons (Fsp3) is 0.833. The molecule has 0 amide bonds. The molecule has 1 saturated heterocycles. The molecule has 0 aliphatic carbocycles.